The Labute approximate surface area is 127 Å². The van der Waals surface area contributed by atoms with E-state index in [1.165, 1.54) is 6.33 Å². The molecule has 3 aromatic rings. The topological polar surface area (TPSA) is 82.3 Å². The summed E-state index contributed by atoms with van der Waals surface area (Å²) in [7, 11) is 3.21. The van der Waals surface area contributed by atoms with Crippen molar-refractivity contribution in [1.82, 2.24) is 15.1 Å². The molecule has 0 atom stereocenters. The van der Waals surface area contributed by atoms with Crippen LogP contribution in [0.5, 0.6) is 11.5 Å². The van der Waals surface area contributed by atoms with Crippen LogP contribution in [0.1, 0.15) is 11.3 Å². The summed E-state index contributed by atoms with van der Waals surface area (Å²) in [5.41, 5.74) is 2.54. The van der Waals surface area contributed by atoms with Gasteiger partial charge in [-0.1, -0.05) is 5.16 Å². The SMILES string of the molecule is COc1cc(OC)c2ncnc(NCc3nocc3C)c2c1. The minimum Gasteiger partial charge on any atom is -0.497 e. The molecule has 2 aromatic heterocycles. The number of aromatic nitrogens is 3. The second kappa shape index (κ2) is 5.88. The maximum Gasteiger partial charge on any atom is 0.148 e. The molecule has 7 nitrogen and oxygen atoms in total. The van der Waals surface area contributed by atoms with E-state index < -0.39 is 0 Å². The molecule has 0 radical (unpaired) electrons. The maximum absolute atomic E-state index is 5.37. The lowest BCUT2D eigenvalue weighted by molar-refractivity contribution is 0.397. The van der Waals surface area contributed by atoms with Gasteiger partial charge >= 0.3 is 0 Å². The van der Waals surface area contributed by atoms with Crippen LogP contribution in [0.4, 0.5) is 5.82 Å². The Bertz CT molecular complexity index is 801. The number of nitrogens with zero attached hydrogens (tertiary/aromatic N) is 3. The average Bonchev–Trinajstić information content (AvgIpc) is 2.96. The molecule has 7 heteroatoms. The minimum atomic E-state index is 0.508. The van der Waals surface area contributed by atoms with Gasteiger partial charge in [0, 0.05) is 11.6 Å². The number of hydrogen-bond acceptors (Lipinski definition) is 7. The molecule has 1 N–H and O–H groups in total. The third-order valence-corrected chi connectivity index (χ3v) is 3.40. The number of methoxy groups -OCH3 is 2. The molecule has 0 aliphatic rings. The molecule has 0 spiro atoms. The van der Waals surface area contributed by atoms with Crippen molar-refractivity contribution in [3.05, 3.63) is 36.0 Å². The highest BCUT2D eigenvalue weighted by Crippen LogP contribution is 2.32. The molecule has 0 amide bonds. The zero-order valence-corrected chi connectivity index (χ0v) is 12.6. The molecule has 2 heterocycles. The van der Waals surface area contributed by atoms with Gasteiger partial charge in [0.2, 0.25) is 0 Å². The minimum absolute atomic E-state index is 0.508. The van der Waals surface area contributed by atoms with Crippen molar-refractivity contribution < 1.29 is 14.0 Å². The number of nitrogens with one attached hydrogen (secondary N) is 1. The van der Waals surface area contributed by atoms with Crippen LogP contribution in [-0.4, -0.2) is 29.3 Å². The second-order valence-electron chi connectivity index (χ2n) is 4.75. The molecule has 0 aliphatic carbocycles. The molecule has 0 bridgehead atoms. The Morgan fingerprint density at radius 2 is 2.05 bits per heavy atom. The van der Waals surface area contributed by atoms with Crippen molar-refractivity contribution >= 4 is 16.7 Å². The van der Waals surface area contributed by atoms with Gasteiger partial charge in [-0.2, -0.15) is 0 Å². The first-order valence-electron chi connectivity index (χ1n) is 6.73. The van der Waals surface area contributed by atoms with Gasteiger partial charge in [-0.15, -0.1) is 0 Å². The van der Waals surface area contributed by atoms with E-state index in [4.69, 9.17) is 14.0 Å². The first-order valence-corrected chi connectivity index (χ1v) is 6.73. The Morgan fingerprint density at radius 3 is 2.73 bits per heavy atom. The molecule has 0 saturated heterocycles. The van der Waals surface area contributed by atoms with Gasteiger partial charge in [-0.05, 0) is 13.0 Å². The molecule has 3 rings (SSSR count). The van der Waals surface area contributed by atoms with E-state index in [1.54, 1.807) is 26.5 Å². The van der Waals surface area contributed by atoms with Crippen LogP contribution in [0.2, 0.25) is 0 Å². The lowest BCUT2D eigenvalue weighted by Gasteiger charge is -2.11. The molecule has 0 unspecified atom stereocenters. The lowest BCUT2D eigenvalue weighted by atomic mass is 10.2. The quantitative estimate of drug-likeness (QED) is 0.775. The Morgan fingerprint density at radius 1 is 1.18 bits per heavy atom. The zero-order chi connectivity index (χ0) is 15.5. The van der Waals surface area contributed by atoms with Gasteiger partial charge in [0.1, 0.15) is 41.1 Å². The number of benzene rings is 1. The molecule has 0 saturated carbocycles. The van der Waals surface area contributed by atoms with Crippen LogP contribution in [-0.2, 0) is 6.54 Å². The normalized spacial score (nSPS) is 10.7. The first kappa shape index (κ1) is 14.1. The number of rotatable bonds is 5. The second-order valence-corrected chi connectivity index (χ2v) is 4.75. The Hall–Kier alpha value is -2.83. The van der Waals surface area contributed by atoms with Crippen molar-refractivity contribution in [2.75, 3.05) is 19.5 Å². The van der Waals surface area contributed by atoms with E-state index in [1.807, 2.05) is 13.0 Å². The monoisotopic (exact) mass is 300 g/mol. The average molecular weight is 300 g/mol. The van der Waals surface area contributed by atoms with Crippen molar-refractivity contribution in [2.24, 2.45) is 0 Å². The molecule has 1 aromatic carbocycles. The summed E-state index contributed by atoms with van der Waals surface area (Å²) in [6, 6.07) is 3.66. The van der Waals surface area contributed by atoms with Crippen molar-refractivity contribution in [3.63, 3.8) is 0 Å². The van der Waals surface area contributed by atoms with Gasteiger partial charge < -0.3 is 19.3 Å². The summed E-state index contributed by atoms with van der Waals surface area (Å²) in [5.74, 6) is 2.00. The van der Waals surface area contributed by atoms with E-state index in [0.29, 0.717) is 23.9 Å². The summed E-state index contributed by atoms with van der Waals surface area (Å²) in [6.07, 6.45) is 3.11. The standard InChI is InChI=1S/C15H16N4O3/c1-9-7-22-19-12(9)6-16-15-11-4-10(20-2)5-13(21-3)14(11)17-8-18-15/h4-5,7-8H,6H2,1-3H3,(H,16,17,18). The number of anilines is 1. The maximum atomic E-state index is 5.37. The van der Waals surface area contributed by atoms with Crippen molar-refractivity contribution in [3.8, 4) is 11.5 Å². The fourth-order valence-electron chi connectivity index (χ4n) is 2.17. The molecule has 22 heavy (non-hydrogen) atoms. The largest absolute Gasteiger partial charge is 0.497 e. The van der Waals surface area contributed by atoms with Crippen molar-refractivity contribution in [2.45, 2.75) is 13.5 Å². The summed E-state index contributed by atoms with van der Waals surface area (Å²) >= 11 is 0. The van der Waals surface area contributed by atoms with Gasteiger partial charge in [-0.25, -0.2) is 9.97 Å². The number of ether oxygens (including phenoxy) is 2. The number of hydrogen-bond donors (Lipinski definition) is 1. The fraction of sp³-hybridized carbons (Fsp3) is 0.267. The van der Waals surface area contributed by atoms with Crippen LogP contribution >= 0.6 is 0 Å². The highest BCUT2D eigenvalue weighted by atomic mass is 16.5. The molecule has 0 aliphatic heterocycles. The van der Waals surface area contributed by atoms with Crippen LogP contribution in [0.25, 0.3) is 10.9 Å². The lowest BCUT2D eigenvalue weighted by Crippen LogP contribution is -2.04. The van der Waals surface area contributed by atoms with E-state index in [2.05, 4.69) is 20.4 Å². The van der Waals surface area contributed by atoms with Crippen LogP contribution in [0, 0.1) is 6.92 Å². The summed E-state index contributed by atoms with van der Waals surface area (Å²) in [4.78, 5) is 8.58. The van der Waals surface area contributed by atoms with Crippen LogP contribution in [0.15, 0.2) is 29.2 Å². The molecular weight excluding hydrogens is 284 g/mol. The Balaban J connectivity index is 2.00. The highest BCUT2D eigenvalue weighted by Gasteiger charge is 2.12. The van der Waals surface area contributed by atoms with E-state index in [-0.39, 0.29) is 0 Å². The van der Waals surface area contributed by atoms with Gasteiger partial charge in [-0.3, -0.25) is 0 Å². The fourth-order valence-corrected chi connectivity index (χ4v) is 2.17. The van der Waals surface area contributed by atoms with E-state index >= 15 is 0 Å². The van der Waals surface area contributed by atoms with Gasteiger partial charge in [0.05, 0.1) is 26.2 Å². The summed E-state index contributed by atoms with van der Waals surface area (Å²) in [6.45, 7) is 2.45. The first-order chi connectivity index (χ1) is 10.7. The van der Waals surface area contributed by atoms with Crippen LogP contribution < -0.4 is 14.8 Å². The molecule has 0 fully saturated rings. The summed E-state index contributed by atoms with van der Waals surface area (Å²) < 4.78 is 15.6. The number of fused-ring (bicyclic) bond motifs is 1. The molecular formula is C15H16N4O3. The highest BCUT2D eigenvalue weighted by molar-refractivity contribution is 5.94. The third-order valence-electron chi connectivity index (χ3n) is 3.40. The van der Waals surface area contributed by atoms with Crippen LogP contribution in [0.3, 0.4) is 0 Å². The summed E-state index contributed by atoms with van der Waals surface area (Å²) in [5, 5.41) is 8.02. The molecule has 114 valence electrons. The van der Waals surface area contributed by atoms with Gasteiger partial charge in [0.15, 0.2) is 0 Å². The van der Waals surface area contributed by atoms with E-state index in [9.17, 15) is 0 Å². The van der Waals surface area contributed by atoms with Gasteiger partial charge in [0.25, 0.3) is 0 Å². The van der Waals surface area contributed by atoms with Crippen molar-refractivity contribution in [1.29, 1.82) is 0 Å². The third kappa shape index (κ3) is 2.52. The Kier molecular flexibility index (Phi) is 3.78. The number of aryl methyl sites for hydroxylation is 1. The predicted molar refractivity (Wildman–Crippen MR) is 81.2 cm³/mol. The predicted octanol–water partition coefficient (Wildman–Crippen LogP) is 2.56. The zero-order valence-electron chi connectivity index (χ0n) is 12.6. The smallest absolute Gasteiger partial charge is 0.148 e. The van der Waals surface area contributed by atoms with E-state index in [0.717, 1.165) is 22.2 Å².